The fraction of sp³-hybridized carbons (Fsp3) is 0.278. The molecular weight excluding hydrogens is 324 g/mol. The highest BCUT2D eigenvalue weighted by Gasteiger charge is 2.13. The van der Waals surface area contributed by atoms with Gasteiger partial charge in [-0.25, -0.2) is 8.42 Å². The fourth-order valence-electron chi connectivity index (χ4n) is 2.31. The number of nitrogens with one attached hydrogen (secondary N) is 2. The molecule has 2 aromatic rings. The maximum Gasteiger partial charge on any atom is 0.253 e. The van der Waals surface area contributed by atoms with Crippen LogP contribution in [0.1, 0.15) is 27.9 Å². The van der Waals surface area contributed by atoms with Crippen molar-refractivity contribution in [2.75, 3.05) is 17.5 Å². The van der Waals surface area contributed by atoms with Crippen molar-refractivity contribution >= 4 is 21.6 Å². The van der Waals surface area contributed by atoms with Gasteiger partial charge in [0, 0.05) is 6.54 Å². The first-order valence-electron chi connectivity index (χ1n) is 7.76. The molecule has 6 heteroatoms. The lowest BCUT2D eigenvalue weighted by Crippen LogP contribution is -2.26. The summed E-state index contributed by atoms with van der Waals surface area (Å²) in [5.74, 6) is -0.286. The molecule has 0 saturated carbocycles. The van der Waals surface area contributed by atoms with Gasteiger partial charge in [-0.2, -0.15) is 0 Å². The van der Waals surface area contributed by atoms with Gasteiger partial charge < -0.3 is 5.32 Å². The van der Waals surface area contributed by atoms with E-state index in [2.05, 4.69) is 34.3 Å². The van der Waals surface area contributed by atoms with E-state index >= 15 is 0 Å². The SMILES string of the molecule is Cc1ccc(CCCNC(=O)c2ccccc2NS(C)(=O)=O)cc1. The minimum atomic E-state index is -3.43. The molecule has 2 aromatic carbocycles. The average Bonchev–Trinajstić information content (AvgIpc) is 2.52. The lowest BCUT2D eigenvalue weighted by atomic mass is 10.1. The van der Waals surface area contributed by atoms with Gasteiger partial charge in [0.1, 0.15) is 0 Å². The van der Waals surface area contributed by atoms with Crippen LogP contribution in [-0.4, -0.2) is 27.1 Å². The molecule has 5 nitrogen and oxygen atoms in total. The van der Waals surface area contributed by atoms with Gasteiger partial charge in [-0.3, -0.25) is 9.52 Å². The molecule has 0 unspecified atom stereocenters. The molecule has 128 valence electrons. The number of hydrogen-bond acceptors (Lipinski definition) is 3. The highest BCUT2D eigenvalue weighted by molar-refractivity contribution is 7.92. The fourth-order valence-corrected chi connectivity index (χ4v) is 2.89. The maximum atomic E-state index is 12.3. The molecule has 0 aliphatic heterocycles. The van der Waals surface area contributed by atoms with Crippen LogP contribution >= 0.6 is 0 Å². The van der Waals surface area contributed by atoms with Crippen LogP contribution in [0.15, 0.2) is 48.5 Å². The summed E-state index contributed by atoms with van der Waals surface area (Å²) in [6.07, 6.45) is 2.75. The molecule has 1 amide bonds. The van der Waals surface area contributed by atoms with Crippen molar-refractivity contribution in [3.05, 3.63) is 65.2 Å². The topological polar surface area (TPSA) is 75.3 Å². The highest BCUT2D eigenvalue weighted by Crippen LogP contribution is 2.16. The van der Waals surface area contributed by atoms with E-state index in [1.54, 1.807) is 24.3 Å². The number of rotatable bonds is 7. The first-order valence-corrected chi connectivity index (χ1v) is 9.65. The van der Waals surface area contributed by atoms with E-state index in [0.717, 1.165) is 19.1 Å². The van der Waals surface area contributed by atoms with Gasteiger partial charge in [0.25, 0.3) is 5.91 Å². The molecule has 0 aromatic heterocycles. The Labute approximate surface area is 143 Å². The van der Waals surface area contributed by atoms with E-state index in [1.807, 2.05) is 6.92 Å². The van der Waals surface area contributed by atoms with Crippen LogP contribution in [0.5, 0.6) is 0 Å². The second kappa shape index (κ2) is 7.97. The predicted molar refractivity (Wildman–Crippen MR) is 96.7 cm³/mol. The zero-order valence-corrected chi connectivity index (χ0v) is 14.7. The van der Waals surface area contributed by atoms with Gasteiger partial charge >= 0.3 is 0 Å². The van der Waals surface area contributed by atoms with Crippen LogP contribution in [0.3, 0.4) is 0 Å². The van der Waals surface area contributed by atoms with E-state index in [9.17, 15) is 13.2 Å². The largest absolute Gasteiger partial charge is 0.352 e. The molecule has 0 aliphatic rings. The molecule has 0 heterocycles. The van der Waals surface area contributed by atoms with Crippen LogP contribution in [0.2, 0.25) is 0 Å². The van der Waals surface area contributed by atoms with E-state index in [4.69, 9.17) is 0 Å². The van der Waals surface area contributed by atoms with Crippen molar-refractivity contribution in [1.29, 1.82) is 0 Å². The summed E-state index contributed by atoms with van der Waals surface area (Å²) in [6, 6.07) is 14.9. The van der Waals surface area contributed by atoms with E-state index in [1.165, 1.54) is 11.1 Å². The number of carbonyl (C=O) groups excluding carboxylic acids is 1. The molecule has 0 bridgehead atoms. The van der Waals surface area contributed by atoms with Crippen molar-refractivity contribution < 1.29 is 13.2 Å². The maximum absolute atomic E-state index is 12.3. The third-order valence-corrected chi connectivity index (χ3v) is 4.11. The quantitative estimate of drug-likeness (QED) is 0.757. The summed E-state index contributed by atoms with van der Waals surface area (Å²) in [6.45, 7) is 2.58. The zero-order chi connectivity index (χ0) is 17.6. The van der Waals surface area contributed by atoms with E-state index in [-0.39, 0.29) is 11.6 Å². The van der Waals surface area contributed by atoms with Gasteiger partial charge in [-0.05, 0) is 37.5 Å². The zero-order valence-electron chi connectivity index (χ0n) is 13.9. The molecular formula is C18H22N2O3S. The van der Waals surface area contributed by atoms with Crippen LogP contribution in [0.4, 0.5) is 5.69 Å². The minimum Gasteiger partial charge on any atom is -0.352 e. The molecule has 2 N–H and O–H groups in total. The first kappa shape index (κ1) is 18.0. The molecule has 2 rings (SSSR count). The third kappa shape index (κ3) is 5.70. The smallest absolute Gasteiger partial charge is 0.253 e. The Hall–Kier alpha value is -2.34. The Balaban J connectivity index is 1.90. The molecule has 0 atom stereocenters. The average molecular weight is 346 g/mol. The van der Waals surface area contributed by atoms with Gasteiger partial charge in [-0.15, -0.1) is 0 Å². The van der Waals surface area contributed by atoms with Crippen molar-refractivity contribution in [2.24, 2.45) is 0 Å². The molecule has 0 saturated heterocycles. The lowest BCUT2D eigenvalue weighted by molar-refractivity contribution is 0.0954. The van der Waals surface area contributed by atoms with Gasteiger partial charge in [0.05, 0.1) is 17.5 Å². The number of aryl methyl sites for hydroxylation is 2. The second-order valence-electron chi connectivity index (χ2n) is 5.76. The number of benzene rings is 2. The Bertz CT molecular complexity index is 799. The van der Waals surface area contributed by atoms with Gasteiger partial charge in [0.2, 0.25) is 10.0 Å². The van der Waals surface area contributed by atoms with Crippen molar-refractivity contribution in [2.45, 2.75) is 19.8 Å². The Morgan fingerprint density at radius 3 is 2.38 bits per heavy atom. The summed E-state index contributed by atoms with van der Waals surface area (Å²) < 4.78 is 25.1. The normalized spacial score (nSPS) is 11.1. The second-order valence-corrected chi connectivity index (χ2v) is 7.51. The number of para-hydroxylation sites is 1. The van der Waals surface area contributed by atoms with Gasteiger partial charge in [-0.1, -0.05) is 42.0 Å². The number of amides is 1. The summed E-state index contributed by atoms with van der Waals surface area (Å²) in [7, 11) is -3.43. The molecule has 24 heavy (non-hydrogen) atoms. The Kier molecular flexibility index (Phi) is 5.98. The standard InChI is InChI=1S/C18H22N2O3S/c1-14-9-11-15(12-10-14)6-5-13-19-18(21)16-7-3-4-8-17(16)20-24(2,22)23/h3-4,7-12,20H,5-6,13H2,1-2H3,(H,19,21). The Morgan fingerprint density at radius 1 is 1.04 bits per heavy atom. The van der Waals surface area contributed by atoms with Crippen molar-refractivity contribution in [3.63, 3.8) is 0 Å². The minimum absolute atomic E-state index is 0.286. The summed E-state index contributed by atoms with van der Waals surface area (Å²) >= 11 is 0. The molecule has 0 fully saturated rings. The van der Waals surface area contributed by atoms with E-state index < -0.39 is 10.0 Å². The molecule has 0 spiro atoms. The van der Waals surface area contributed by atoms with Crippen molar-refractivity contribution in [3.8, 4) is 0 Å². The summed E-state index contributed by atoms with van der Waals surface area (Å²) in [5.41, 5.74) is 3.06. The third-order valence-electron chi connectivity index (χ3n) is 3.52. The predicted octanol–water partition coefficient (Wildman–Crippen LogP) is 2.73. The Morgan fingerprint density at radius 2 is 1.71 bits per heavy atom. The van der Waals surface area contributed by atoms with E-state index in [0.29, 0.717) is 12.1 Å². The monoisotopic (exact) mass is 346 g/mol. The van der Waals surface area contributed by atoms with Crippen LogP contribution in [0.25, 0.3) is 0 Å². The highest BCUT2D eigenvalue weighted by atomic mass is 32.2. The number of sulfonamides is 1. The number of hydrogen-bond donors (Lipinski definition) is 2. The van der Waals surface area contributed by atoms with Gasteiger partial charge in [0.15, 0.2) is 0 Å². The molecule has 0 aliphatic carbocycles. The summed E-state index contributed by atoms with van der Waals surface area (Å²) in [5, 5.41) is 2.83. The van der Waals surface area contributed by atoms with Crippen LogP contribution < -0.4 is 10.0 Å². The van der Waals surface area contributed by atoms with Crippen molar-refractivity contribution in [1.82, 2.24) is 5.32 Å². The number of anilines is 1. The first-order chi connectivity index (χ1) is 11.3. The van der Waals surface area contributed by atoms with Crippen LogP contribution in [0, 0.1) is 6.92 Å². The lowest BCUT2D eigenvalue weighted by Gasteiger charge is -2.11. The van der Waals surface area contributed by atoms with Crippen LogP contribution in [-0.2, 0) is 16.4 Å². The molecule has 0 radical (unpaired) electrons. The number of carbonyl (C=O) groups is 1. The summed E-state index contributed by atoms with van der Waals surface area (Å²) in [4.78, 5) is 12.3.